The number of aromatic nitrogens is 3. The third-order valence-corrected chi connectivity index (χ3v) is 3.32. The highest BCUT2D eigenvalue weighted by molar-refractivity contribution is 7.15. The van der Waals surface area contributed by atoms with Gasteiger partial charge in [0.15, 0.2) is 10.1 Å². The summed E-state index contributed by atoms with van der Waals surface area (Å²) in [6, 6.07) is 5.56. The zero-order valence-corrected chi connectivity index (χ0v) is 10.7. The van der Waals surface area contributed by atoms with Crippen LogP contribution in [-0.2, 0) is 0 Å². The summed E-state index contributed by atoms with van der Waals surface area (Å²) >= 11 is 7.56. The molecule has 0 bridgehead atoms. The van der Waals surface area contributed by atoms with Crippen LogP contribution in [0.2, 0.25) is 5.15 Å². The standard InChI is InChI=1S/C11H8ClN5S/c12-10-8(17-5-6-18-11(17)15-10)7-14-16-9-3-1-2-4-13-9/h1-7H,(H,13,16)/b14-7-. The second-order valence-corrected chi connectivity index (χ2v) is 4.66. The van der Waals surface area contributed by atoms with Crippen LogP contribution in [0.3, 0.4) is 0 Å². The van der Waals surface area contributed by atoms with Crippen LogP contribution in [0, 0.1) is 0 Å². The minimum atomic E-state index is 0.438. The molecular formula is C11H8ClN5S. The molecule has 0 fully saturated rings. The Hall–Kier alpha value is -1.92. The van der Waals surface area contributed by atoms with Gasteiger partial charge in [0.2, 0.25) is 0 Å². The maximum absolute atomic E-state index is 6.03. The van der Waals surface area contributed by atoms with Gasteiger partial charge in [0.25, 0.3) is 0 Å². The number of anilines is 1. The fourth-order valence-corrected chi connectivity index (χ4v) is 2.47. The average Bonchev–Trinajstić information content (AvgIpc) is 2.93. The quantitative estimate of drug-likeness (QED) is 0.592. The van der Waals surface area contributed by atoms with E-state index in [0.29, 0.717) is 11.0 Å². The molecule has 18 heavy (non-hydrogen) atoms. The van der Waals surface area contributed by atoms with E-state index in [1.165, 1.54) is 11.3 Å². The van der Waals surface area contributed by atoms with Gasteiger partial charge in [-0.05, 0) is 12.1 Å². The first-order valence-electron chi connectivity index (χ1n) is 5.16. The van der Waals surface area contributed by atoms with Gasteiger partial charge in [-0.2, -0.15) is 5.10 Å². The molecule has 0 aliphatic heterocycles. The zero-order valence-electron chi connectivity index (χ0n) is 9.12. The maximum Gasteiger partial charge on any atom is 0.195 e. The van der Waals surface area contributed by atoms with Gasteiger partial charge in [0.05, 0.1) is 6.21 Å². The number of nitrogens with one attached hydrogen (secondary N) is 1. The molecule has 0 aromatic carbocycles. The van der Waals surface area contributed by atoms with Gasteiger partial charge in [-0.15, -0.1) is 11.3 Å². The predicted molar refractivity (Wildman–Crippen MR) is 73.5 cm³/mol. The highest BCUT2D eigenvalue weighted by Crippen LogP contribution is 2.19. The number of imidazole rings is 1. The van der Waals surface area contributed by atoms with E-state index in [-0.39, 0.29) is 0 Å². The monoisotopic (exact) mass is 277 g/mol. The van der Waals surface area contributed by atoms with Gasteiger partial charge in [-0.25, -0.2) is 9.97 Å². The number of hydrogen-bond donors (Lipinski definition) is 1. The highest BCUT2D eigenvalue weighted by Gasteiger charge is 2.08. The average molecular weight is 278 g/mol. The van der Waals surface area contributed by atoms with Crippen molar-refractivity contribution in [2.75, 3.05) is 5.43 Å². The third-order valence-electron chi connectivity index (χ3n) is 2.28. The molecule has 0 spiro atoms. The lowest BCUT2D eigenvalue weighted by Gasteiger charge is -1.97. The normalized spacial score (nSPS) is 11.4. The van der Waals surface area contributed by atoms with Crippen molar-refractivity contribution in [3.05, 3.63) is 46.8 Å². The number of fused-ring (bicyclic) bond motifs is 1. The van der Waals surface area contributed by atoms with Gasteiger partial charge >= 0.3 is 0 Å². The van der Waals surface area contributed by atoms with Gasteiger partial charge in [-0.3, -0.25) is 9.83 Å². The Morgan fingerprint density at radius 3 is 3.22 bits per heavy atom. The molecule has 1 N–H and O–H groups in total. The molecule has 0 atom stereocenters. The Morgan fingerprint density at radius 2 is 2.39 bits per heavy atom. The number of halogens is 1. The van der Waals surface area contributed by atoms with Crippen molar-refractivity contribution in [3.63, 3.8) is 0 Å². The van der Waals surface area contributed by atoms with Crippen molar-refractivity contribution in [2.24, 2.45) is 5.10 Å². The Kier molecular flexibility index (Phi) is 2.95. The van der Waals surface area contributed by atoms with Gasteiger partial charge in [0, 0.05) is 17.8 Å². The van der Waals surface area contributed by atoms with E-state index >= 15 is 0 Å². The summed E-state index contributed by atoms with van der Waals surface area (Å²) in [5.41, 5.74) is 3.58. The minimum Gasteiger partial charge on any atom is -0.288 e. The number of rotatable bonds is 3. The summed E-state index contributed by atoms with van der Waals surface area (Å²) in [6.45, 7) is 0. The second-order valence-electron chi connectivity index (χ2n) is 3.43. The SMILES string of the molecule is Clc1nc2sccn2c1/C=N\Nc1ccccn1. The van der Waals surface area contributed by atoms with E-state index < -0.39 is 0 Å². The van der Waals surface area contributed by atoms with Gasteiger partial charge < -0.3 is 0 Å². The van der Waals surface area contributed by atoms with Crippen LogP contribution in [-0.4, -0.2) is 20.6 Å². The molecule has 0 amide bonds. The number of hydrazone groups is 1. The molecule has 90 valence electrons. The van der Waals surface area contributed by atoms with E-state index in [0.717, 1.165) is 10.7 Å². The lowest BCUT2D eigenvalue weighted by molar-refractivity contribution is 1.19. The molecule has 3 heterocycles. The van der Waals surface area contributed by atoms with Crippen LogP contribution in [0.25, 0.3) is 4.96 Å². The van der Waals surface area contributed by atoms with Crippen LogP contribution >= 0.6 is 22.9 Å². The molecule has 3 rings (SSSR count). The molecule has 0 saturated carbocycles. The molecule has 0 aliphatic carbocycles. The summed E-state index contributed by atoms with van der Waals surface area (Å²) in [7, 11) is 0. The van der Waals surface area contributed by atoms with Crippen molar-refractivity contribution in [1.82, 2.24) is 14.4 Å². The van der Waals surface area contributed by atoms with Crippen LogP contribution in [0.5, 0.6) is 0 Å². The van der Waals surface area contributed by atoms with Crippen molar-refractivity contribution < 1.29 is 0 Å². The number of nitrogens with zero attached hydrogens (tertiary/aromatic N) is 4. The maximum atomic E-state index is 6.03. The molecular weight excluding hydrogens is 270 g/mol. The van der Waals surface area contributed by atoms with Crippen molar-refractivity contribution >= 4 is 39.9 Å². The summed E-state index contributed by atoms with van der Waals surface area (Å²) in [5.74, 6) is 0.677. The Labute approximate surface area is 112 Å². The fourth-order valence-electron chi connectivity index (χ4n) is 1.48. The van der Waals surface area contributed by atoms with Crippen LogP contribution in [0.1, 0.15) is 5.69 Å². The van der Waals surface area contributed by atoms with Crippen molar-refractivity contribution in [1.29, 1.82) is 0 Å². The summed E-state index contributed by atoms with van der Waals surface area (Å²) < 4.78 is 1.89. The molecule has 0 radical (unpaired) electrons. The number of pyridine rings is 1. The summed E-state index contributed by atoms with van der Waals surface area (Å²) in [4.78, 5) is 9.15. The van der Waals surface area contributed by atoms with Crippen molar-refractivity contribution in [2.45, 2.75) is 0 Å². The number of hydrogen-bond acceptors (Lipinski definition) is 5. The van der Waals surface area contributed by atoms with Crippen LogP contribution < -0.4 is 5.43 Å². The molecule has 0 aliphatic rings. The number of thiazole rings is 1. The van der Waals surface area contributed by atoms with Crippen molar-refractivity contribution in [3.8, 4) is 0 Å². The highest BCUT2D eigenvalue weighted by atomic mass is 35.5. The predicted octanol–water partition coefficient (Wildman–Crippen LogP) is 2.89. The largest absolute Gasteiger partial charge is 0.288 e. The first-order chi connectivity index (χ1) is 8.84. The Morgan fingerprint density at radius 1 is 1.44 bits per heavy atom. The fraction of sp³-hybridized carbons (Fsp3) is 0. The minimum absolute atomic E-state index is 0.438. The summed E-state index contributed by atoms with van der Waals surface area (Å²) in [6.07, 6.45) is 5.23. The third kappa shape index (κ3) is 2.07. The van der Waals surface area contributed by atoms with E-state index in [9.17, 15) is 0 Å². The van der Waals surface area contributed by atoms with Crippen LogP contribution in [0.15, 0.2) is 41.1 Å². The Balaban J connectivity index is 1.84. The molecule has 7 heteroatoms. The zero-order chi connectivity index (χ0) is 12.4. The Bertz CT molecular complexity index is 688. The second kappa shape index (κ2) is 4.75. The van der Waals surface area contributed by atoms with E-state index in [1.807, 2.05) is 34.2 Å². The van der Waals surface area contributed by atoms with Gasteiger partial charge in [0.1, 0.15) is 11.5 Å². The molecule has 0 saturated heterocycles. The first-order valence-corrected chi connectivity index (χ1v) is 6.41. The van der Waals surface area contributed by atoms with Crippen LogP contribution in [0.4, 0.5) is 5.82 Å². The van der Waals surface area contributed by atoms with E-state index in [4.69, 9.17) is 11.6 Å². The summed E-state index contributed by atoms with van der Waals surface area (Å²) in [5, 5.41) is 6.48. The molecule has 0 unspecified atom stereocenters. The smallest absolute Gasteiger partial charge is 0.195 e. The lowest BCUT2D eigenvalue weighted by Crippen LogP contribution is -1.94. The molecule has 5 nitrogen and oxygen atoms in total. The lowest BCUT2D eigenvalue weighted by atomic mass is 10.5. The van der Waals surface area contributed by atoms with E-state index in [2.05, 4.69) is 20.5 Å². The van der Waals surface area contributed by atoms with Gasteiger partial charge in [-0.1, -0.05) is 17.7 Å². The first kappa shape index (κ1) is 11.2. The topological polar surface area (TPSA) is 54.6 Å². The molecule has 3 aromatic heterocycles. The molecule has 3 aromatic rings. The van der Waals surface area contributed by atoms with E-state index in [1.54, 1.807) is 12.4 Å².